The molecule has 0 saturated carbocycles. The van der Waals surface area contributed by atoms with Crippen LogP contribution in [0.2, 0.25) is 0 Å². The number of nitrogens with zero attached hydrogens (tertiary/aromatic N) is 2. The molecule has 21 heavy (non-hydrogen) atoms. The van der Waals surface area contributed by atoms with Crippen LogP contribution in [-0.4, -0.2) is 21.4 Å². The molecule has 0 fully saturated rings. The highest BCUT2D eigenvalue weighted by Crippen LogP contribution is 2.18. The van der Waals surface area contributed by atoms with Crippen molar-refractivity contribution in [3.63, 3.8) is 0 Å². The molecular formula is C15H17FN4O. The summed E-state index contributed by atoms with van der Waals surface area (Å²) in [5, 5.41) is 0. The molecule has 0 spiro atoms. The predicted molar refractivity (Wildman–Crippen MR) is 78.2 cm³/mol. The molecule has 1 aliphatic heterocycles. The van der Waals surface area contributed by atoms with Gasteiger partial charge in [-0.05, 0) is 24.1 Å². The second-order valence-corrected chi connectivity index (χ2v) is 5.42. The molecule has 0 atom stereocenters. The number of hydrogen-bond acceptors (Lipinski definition) is 4. The number of nitrogens with one attached hydrogen (secondary N) is 1. The van der Waals surface area contributed by atoms with Gasteiger partial charge in [-0.15, -0.1) is 0 Å². The number of aromatic amines is 1. The lowest BCUT2D eigenvalue weighted by Gasteiger charge is -2.27. The Morgan fingerprint density at radius 1 is 1.48 bits per heavy atom. The smallest absolute Gasteiger partial charge is 0.257 e. The number of anilines is 1. The number of nitrogen functional groups attached to an aromatic ring is 1. The van der Waals surface area contributed by atoms with Crippen molar-refractivity contribution in [2.75, 3.05) is 12.3 Å². The third kappa shape index (κ3) is 2.80. The Morgan fingerprint density at radius 2 is 2.29 bits per heavy atom. The lowest BCUT2D eigenvalue weighted by molar-refractivity contribution is 0.242. The summed E-state index contributed by atoms with van der Waals surface area (Å²) < 4.78 is 13.3. The van der Waals surface area contributed by atoms with Gasteiger partial charge in [-0.2, -0.15) is 0 Å². The van der Waals surface area contributed by atoms with Crippen LogP contribution in [0.3, 0.4) is 0 Å². The Hall–Kier alpha value is -2.21. The molecule has 2 heterocycles. The van der Waals surface area contributed by atoms with Crippen molar-refractivity contribution in [1.29, 1.82) is 0 Å². The second kappa shape index (κ2) is 5.29. The van der Waals surface area contributed by atoms with Gasteiger partial charge < -0.3 is 5.73 Å². The van der Waals surface area contributed by atoms with Crippen LogP contribution < -0.4 is 11.3 Å². The van der Waals surface area contributed by atoms with E-state index in [4.69, 9.17) is 5.73 Å². The van der Waals surface area contributed by atoms with Gasteiger partial charge in [0.2, 0.25) is 5.95 Å². The molecule has 6 heteroatoms. The second-order valence-electron chi connectivity index (χ2n) is 5.42. The SMILES string of the molecule is Cc1cc(CN2CCc3nc(N)[nH]c(=O)c3C2)ccc1F. The van der Waals surface area contributed by atoms with Crippen molar-refractivity contribution in [2.45, 2.75) is 26.4 Å². The largest absolute Gasteiger partial charge is 0.369 e. The van der Waals surface area contributed by atoms with Crippen molar-refractivity contribution in [3.8, 4) is 0 Å². The molecule has 2 aromatic rings. The molecule has 0 radical (unpaired) electrons. The van der Waals surface area contributed by atoms with Crippen molar-refractivity contribution < 1.29 is 4.39 Å². The Morgan fingerprint density at radius 3 is 3.05 bits per heavy atom. The lowest BCUT2D eigenvalue weighted by Crippen LogP contribution is -2.35. The van der Waals surface area contributed by atoms with Crippen molar-refractivity contribution in [1.82, 2.24) is 14.9 Å². The van der Waals surface area contributed by atoms with Gasteiger partial charge in [0.15, 0.2) is 0 Å². The van der Waals surface area contributed by atoms with Crippen LogP contribution in [0.15, 0.2) is 23.0 Å². The number of aromatic nitrogens is 2. The van der Waals surface area contributed by atoms with Gasteiger partial charge in [-0.3, -0.25) is 14.7 Å². The van der Waals surface area contributed by atoms with E-state index >= 15 is 0 Å². The molecule has 3 N–H and O–H groups in total. The maximum atomic E-state index is 13.3. The molecule has 3 rings (SSSR count). The van der Waals surface area contributed by atoms with Crippen molar-refractivity contribution in [3.05, 3.63) is 56.8 Å². The number of H-pyrrole nitrogens is 1. The number of nitrogens with two attached hydrogens (primary N) is 1. The van der Waals surface area contributed by atoms with Gasteiger partial charge in [0, 0.05) is 26.1 Å². The van der Waals surface area contributed by atoms with Crippen LogP contribution in [0.1, 0.15) is 22.4 Å². The standard InChI is InChI=1S/C15H17FN4O/c1-9-6-10(2-3-12(9)16)7-20-5-4-13-11(8-20)14(21)19-15(17)18-13/h2-3,6H,4-5,7-8H2,1H3,(H3,17,18,19,21). The summed E-state index contributed by atoms with van der Waals surface area (Å²) in [6.07, 6.45) is 0.698. The van der Waals surface area contributed by atoms with Gasteiger partial charge >= 0.3 is 0 Å². The van der Waals surface area contributed by atoms with Gasteiger partial charge in [-0.25, -0.2) is 9.37 Å². The Labute approximate surface area is 121 Å². The fourth-order valence-electron chi connectivity index (χ4n) is 2.70. The molecule has 0 amide bonds. The molecule has 0 unspecified atom stereocenters. The zero-order chi connectivity index (χ0) is 15.0. The number of aryl methyl sites for hydroxylation is 1. The van der Waals surface area contributed by atoms with E-state index in [1.165, 1.54) is 6.07 Å². The molecule has 1 aliphatic rings. The quantitative estimate of drug-likeness (QED) is 0.875. The number of rotatable bonds is 2. The first-order chi connectivity index (χ1) is 10.0. The number of benzene rings is 1. The highest BCUT2D eigenvalue weighted by Gasteiger charge is 2.20. The third-order valence-corrected chi connectivity index (χ3v) is 3.79. The minimum absolute atomic E-state index is 0.168. The number of fused-ring (bicyclic) bond motifs is 1. The predicted octanol–water partition coefficient (Wildman–Crippen LogP) is 1.36. The van der Waals surface area contributed by atoms with E-state index in [9.17, 15) is 9.18 Å². The number of halogens is 1. The number of hydrogen-bond donors (Lipinski definition) is 2. The molecule has 0 aliphatic carbocycles. The molecule has 0 saturated heterocycles. The van der Waals surface area contributed by atoms with E-state index in [-0.39, 0.29) is 17.3 Å². The summed E-state index contributed by atoms with van der Waals surface area (Å²) in [7, 11) is 0. The van der Waals surface area contributed by atoms with Crippen LogP contribution in [0.5, 0.6) is 0 Å². The van der Waals surface area contributed by atoms with E-state index in [0.29, 0.717) is 30.6 Å². The average Bonchev–Trinajstić information content (AvgIpc) is 2.43. The zero-order valence-corrected chi connectivity index (χ0v) is 11.8. The molecular weight excluding hydrogens is 271 g/mol. The van der Waals surface area contributed by atoms with Crippen LogP contribution >= 0.6 is 0 Å². The highest BCUT2D eigenvalue weighted by atomic mass is 19.1. The van der Waals surface area contributed by atoms with E-state index < -0.39 is 0 Å². The van der Waals surface area contributed by atoms with Gasteiger partial charge in [-0.1, -0.05) is 12.1 Å². The first-order valence-electron chi connectivity index (χ1n) is 6.88. The molecule has 5 nitrogen and oxygen atoms in total. The van der Waals surface area contributed by atoms with E-state index in [1.54, 1.807) is 13.0 Å². The first-order valence-corrected chi connectivity index (χ1v) is 6.88. The van der Waals surface area contributed by atoms with E-state index in [0.717, 1.165) is 17.8 Å². The summed E-state index contributed by atoms with van der Waals surface area (Å²) in [6, 6.07) is 5.11. The minimum Gasteiger partial charge on any atom is -0.369 e. The van der Waals surface area contributed by atoms with Crippen LogP contribution in [0, 0.1) is 12.7 Å². The zero-order valence-electron chi connectivity index (χ0n) is 11.8. The van der Waals surface area contributed by atoms with E-state index in [2.05, 4.69) is 14.9 Å². The Balaban J connectivity index is 1.80. The summed E-state index contributed by atoms with van der Waals surface area (Å²) in [4.78, 5) is 20.8. The fourth-order valence-corrected chi connectivity index (χ4v) is 2.70. The van der Waals surface area contributed by atoms with Crippen molar-refractivity contribution >= 4 is 5.95 Å². The van der Waals surface area contributed by atoms with Crippen LogP contribution in [0.4, 0.5) is 10.3 Å². The van der Waals surface area contributed by atoms with E-state index in [1.807, 2.05) is 6.07 Å². The summed E-state index contributed by atoms with van der Waals surface area (Å²) in [5.74, 6) is -0.0276. The molecule has 1 aromatic carbocycles. The normalized spacial score (nSPS) is 15.0. The summed E-state index contributed by atoms with van der Waals surface area (Å²) in [6.45, 7) is 3.78. The molecule has 1 aromatic heterocycles. The lowest BCUT2D eigenvalue weighted by atomic mass is 10.1. The van der Waals surface area contributed by atoms with Gasteiger partial charge in [0.05, 0.1) is 11.3 Å². The van der Waals surface area contributed by atoms with Crippen molar-refractivity contribution in [2.24, 2.45) is 0 Å². The highest BCUT2D eigenvalue weighted by molar-refractivity contribution is 5.28. The van der Waals surface area contributed by atoms with Crippen LogP contribution in [-0.2, 0) is 19.5 Å². The summed E-state index contributed by atoms with van der Waals surface area (Å²) in [5.41, 5.74) is 8.52. The Bertz CT molecular complexity index is 741. The van der Waals surface area contributed by atoms with Gasteiger partial charge in [0.25, 0.3) is 5.56 Å². The minimum atomic E-state index is -0.196. The van der Waals surface area contributed by atoms with Gasteiger partial charge in [0.1, 0.15) is 5.82 Å². The van der Waals surface area contributed by atoms with Crippen LogP contribution in [0.25, 0.3) is 0 Å². The average molecular weight is 288 g/mol. The topological polar surface area (TPSA) is 75.0 Å². The maximum Gasteiger partial charge on any atom is 0.257 e. The summed E-state index contributed by atoms with van der Waals surface area (Å²) >= 11 is 0. The third-order valence-electron chi connectivity index (χ3n) is 3.79. The molecule has 110 valence electrons. The fraction of sp³-hybridized carbons (Fsp3) is 0.333. The monoisotopic (exact) mass is 288 g/mol. The first kappa shape index (κ1) is 13.8. The maximum absolute atomic E-state index is 13.3. The Kier molecular flexibility index (Phi) is 3.47. The molecule has 0 bridgehead atoms.